The fourth-order valence-corrected chi connectivity index (χ4v) is 7.27. The van der Waals surface area contributed by atoms with Gasteiger partial charge in [-0.1, -0.05) is 78.4 Å². The van der Waals surface area contributed by atoms with Crippen LogP contribution in [-0.2, 0) is 14.3 Å². The first-order valence-corrected chi connectivity index (χ1v) is 21.7. The molecule has 1 fully saturated rings. The number of unbranched alkanes of at least 4 members (excludes halogenated alkanes) is 2. The van der Waals surface area contributed by atoms with E-state index in [-0.39, 0.29) is 23.9 Å². The lowest BCUT2D eigenvalue weighted by molar-refractivity contribution is -0.139. The van der Waals surface area contributed by atoms with Crippen LogP contribution in [0, 0.1) is 34.5 Å². The van der Waals surface area contributed by atoms with Gasteiger partial charge in [-0.25, -0.2) is 4.79 Å². The number of carbonyl (C=O) groups excluding carboxylic acids is 2. The fourth-order valence-electron chi connectivity index (χ4n) is 7.27. The average molecular weight is 777 g/mol. The number of rotatable bonds is 25. The highest BCUT2D eigenvalue weighted by molar-refractivity contribution is 6.14. The molecular weight excluding hydrogens is 709 g/mol. The van der Waals surface area contributed by atoms with E-state index in [4.69, 9.17) is 9.47 Å². The summed E-state index contributed by atoms with van der Waals surface area (Å²) >= 11 is 0. The van der Waals surface area contributed by atoms with E-state index in [0.29, 0.717) is 46.1 Å². The molecule has 2 aromatic carbocycles. The molecule has 0 amide bonds. The Hall–Kier alpha value is -4.82. The average Bonchev–Trinajstić information content (AvgIpc) is 3.22. The summed E-state index contributed by atoms with van der Waals surface area (Å²) in [6.45, 7) is 20.7. The van der Waals surface area contributed by atoms with Gasteiger partial charge in [-0.15, -0.1) is 0 Å². The molecule has 0 N–H and O–H groups in total. The highest BCUT2D eigenvalue weighted by Gasteiger charge is 2.24. The van der Waals surface area contributed by atoms with Crippen LogP contribution in [0.15, 0.2) is 58.9 Å². The summed E-state index contributed by atoms with van der Waals surface area (Å²) < 4.78 is 12.2. The number of allylic oxidation sites excluding steroid dienone is 2. The number of nitriles is 2. The largest absolute Gasteiger partial charge is 0.492 e. The van der Waals surface area contributed by atoms with Crippen molar-refractivity contribution in [3.63, 3.8) is 0 Å². The van der Waals surface area contributed by atoms with Crippen molar-refractivity contribution in [1.29, 1.82) is 10.5 Å². The van der Waals surface area contributed by atoms with E-state index in [0.717, 1.165) is 114 Å². The molecule has 8 nitrogen and oxygen atoms in total. The number of ether oxygens (including phenoxy) is 2. The lowest BCUT2D eigenvalue weighted by Gasteiger charge is -2.25. The summed E-state index contributed by atoms with van der Waals surface area (Å²) in [5.74, 6) is 0.311. The van der Waals surface area contributed by atoms with Crippen molar-refractivity contribution < 1.29 is 19.1 Å². The lowest BCUT2D eigenvalue weighted by atomic mass is 9.88. The SMILES string of the molecule is CCCCC(CC)COC(=O)/C(C#N)=C/c1ccc(N(CC)CC)cc1C(=O)c1cc(N(CC)CC)ccc1/C=C(\C#N)C(OCC(CC)CCCC)=C1CCC1. The van der Waals surface area contributed by atoms with Crippen LogP contribution in [-0.4, -0.2) is 51.1 Å². The number of benzene rings is 2. The molecule has 1 aliphatic rings. The number of anilines is 2. The van der Waals surface area contributed by atoms with Gasteiger partial charge < -0.3 is 19.3 Å². The predicted molar refractivity (Wildman–Crippen MR) is 235 cm³/mol. The Morgan fingerprint density at radius 3 is 1.53 bits per heavy atom. The van der Waals surface area contributed by atoms with Crippen LogP contribution in [0.1, 0.15) is 153 Å². The van der Waals surface area contributed by atoms with E-state index in [1.54, 1.807) is 6.08 Å². The van der Waals surface area contributed by atoms with Crippen LogP contribution in [0.3, 0.4) is 0 Å². The van der Waals surface area contributed by atoms with Gasteiger partial charge in [0.25, 0.3) is 0 Å². The van der Waals surface area contributed by atoms with Gasteiger partial charge in [0.15, 0.2) is 5.78 Å². The molecule has 2 unspecified atom stereocenters. The van der Waals surface area contributed by atoms with Crippen molar-refractivity contribution in [3.8, 4) is 12.1 Å². The van der Waals surface area contributed by atoms with Crippen LogP contribution >= 0.6 is 0 Å². The zero-order chi connectivity index (χ0) is 41.7. The monoisotopic (exact) mass is 777 g/mol. The maximum atomic E-state index is 15.2. The van der Waals surface area contributed by atoms with Gasteiger partial charge >= 0.3 is 5.97 Å². The molecule has 1 aliphatic carbocycles. The van der Waals surface area contributed by atoms with E-state index in [9.17, 15) is 15.3 Å². The smallest absolute Gasteiger partial charge is 0.348 e. The van der Waals surface area contributed by atoms with Crippen LogP contribution in [0.5, 0.6) is 0 Å². The molecule has 0 aromatic heterocycles. The first kappa shape index (κ1) is 46.6. The molecule has 0 spiro atoms. The molecule has 308 valence electrons. The van der Waals surface area contributed by atoms with Gasteiger partial charge in [-0.2, -0.15) is 10.5 Å². The molecule has 2 atom stereocenters. The Balaban J connectivity index is 2.22. The fraction of sp³-hybridized carbons (Fsp3) is 0.551. The van der Waals surface area contributed by atoms with Crippen molar-refractivity contribution in [1.82, 2.24) is 0 Å². The number of hydrogen-bond donors (Lipinski definition) is 0. The molecule has 3 rings (SSSR count). The van der Waals surface area contributed by atoms with Crippen molar-refractivity contribution in [2.75, 3.05) is 49.2 Å². The summed E-state index contributed by atoms with van der Waals surface area (Å²) in [6, 6.07) is 15.9. The Kier molecular flexibility index (Phi) is 20.2. The highest BCUT2D eigenvalue weighted by Crippen LogP contribution is 2.35. The summed E-state index contributed by atoms with van der Waals surface area (Å²) in [4.78, 5) is 32.8. The first-order valence-electron chi connectivity index (χ1n) is 21.7. The minimum absolute atomic E-state index is 0.160. The second-order valence-electron chi connectivity index (χ2n) is 15.1. The Bertz CT molecular complexity index is 1800. The minimum atomic E-state index is -0.693. The molecule has 2 aromatic rings. The van der Waals surface area contributed by atoms with Crippen molar-refractivity contribution in [2.45, 2.75) is 126 Å². The molecule has 0 aliphatic heterocycles. The lowest BCUT2D eigenvalue weighted by Crippen LogP contribution is -2.23. The van der Waals surface area contributed by atoms with Gasteiger partial charge in [0, 0.05) is 48.7 Å². The number of carbonyl (C=O) groups is 2. The standard InChI is InChI=1S/C49H68N4O4/c1-9-17-20-36(11-3)34-56-48(38-22-19-23-38)41(32-50)28-39-24-26-43(52(13-5)14-6)30-45(39)47(54)46-31-44(53(15-7)16-8)27-25-40(46)29-42(33-51)49(55)57-35-37(12-4)21-18-10-2/h24-31,36-37H,9-23,34-35H2,1-8H3/b41-28+,42-29+. The molecule has 1 saturated carbocycles. The van der Waals surface area contributed by atoms with Gasteiger partial charge in [0.1, 0.15) is 23.5 Å². The van der Waals surface area contributed by atoms with Crippen LogP contribution in [0.4, 0.5) is 11.4 Å². The maximum absolute atomic E-state index is 15.2. The second kappa shape index (κ2) is 24.7. The third-order valence-electron chi connectivity index (χ3n) is 11.4. The number of esters is 1. The van der Waals surface area contributed by atoms with E-state index in [2.05, 4.69) is 71.3 Å². The van der Waals surface area contributed by atoms with Crippen LogP contribution in [0.2, 0.25) is 0 Å². The van der Waals surface area contributed by atoms with E-state index in [1.807, 2.05) is 42.5 Å². The van der Waals surface area contributed by atoms with E-state index < -0.39 is 5.97 Å². The highest BCUT2D eigenvalue weighted by atomic mass is 16.5. The predicted octanol–water partition coefficient (Wildman–Crippen LogP) is 11.9. The topological polar surface area (TPSA) is 107 Å². The van der Waals surface area contributed by atoms with Gasteiger partial charge in [-0.05, 0) is 125 Å². The Morgan fingerprint density at radius 2 is 1.14 bits per heavy atom. The van der Waals surface area contributed by atoms with Gasteiger partial charge in [-0.3, -0.25) is 4.79 Å². The summed E-state index contributed by atoms with van der Waals surface area (Å²) in [5, 5.41) is 20.8. The molecular formula is C49H68N4O4. The summed E-state index contributed by atoms with van der Waals surface area (Å²) in [5.41, 5.74) is 4.98. The van der Waals surface area contributed by atoms with Crippen LogP contribution in [0.25, 0.3) is 12.2 Å². The van der Waals surface area contributed by atoms with Crippen LogP contribution < -0.4 is 9.80 Å². The third kappa shape index (κ3) is 13.1. The zero-order valence-electron chi connectivity index (χ0n) is 36.2. The van der Waals surface area contributed by atoms with Gasteiger partial charge in [0.2, 0.25) is 0 Å². The van der Waals surface area contributed by atoms with Gasteiger partial charge in [0.05, 0.1) is 18.8 Å². The number of nitrogens with zero attached hydrogens (tertiary/aromatic N) is 4. The first-order chi connectivity index (χ1) is 27.7. The third-order valence-corrected chi connectivity index (χ3v) is 11.4. The van der Waals surface area contributed by atoms with Crippen molar-refractivity contribution >= 4 is 35.3 Å². The quantitative estimate of drug-likeness (QED) is 0.0322. The van der Waals surface area contributed by atoms with E-state index in [1.165, 1.54) is 6.08 Å². The molecule has 57 heavy (non-hydrogen) atoms. The normalized spacial score (nSPS) is 13.8. The summed E-state index contributed by atoms with van der Waals surface area (Å²) in [6.07, 6.45) is 14.4. The second-order valence-corrected chi connectivity index (χ2v) is 15.1. The molecule has 0 bridgehead atoms. The molecule has 0 saturated heterocycles. The van der Waals surface area contributed by atoms with Crippen molar-refractivity contribution in [3.05, 3.63) is 81.1 Å². The Labute approximate surface area is 344 Å². The number of ketones is 1. The van der Waals surface area contributed by atoms with Crippen molar-refractivity contribution in [2.24, 2.45) is 11.8 Å². The molecule has 0 radical (unpaired) electrons. The molecule has 0 heterocycles. The van der Waals surface area contributed by atoms with E-state index >= 15 is 4.79 Å². The molecule has 8 heteroatoms. The maximum Gasteiger partial charge on any atom is 0.348 e. The summed E-state index contributed by atoms with van der Waals surface area (Å²) in [7, 11) is 0. The Morgan fingerprint density at radius 1 is 0.684 bits per heavy atom. The minimum Gasteiger partial charge on any atom is -0.492 e. The zero-order valence-corrected chi connectivity index (χ0v) is 36.2. The number of hydrogen-bond acceptors (Lipinski definition) is 8.